The number of Topliss-reactive ketones (excluding diaryl/α,β-unsaturated/α-hetero) is 1. The summed E-state index contributed by atoms with van der Waals surface area (Å²) in [5, 5.41) is 11.9. The molecule has 8 nitrogen and oxygen atoms in total. The first kappa shape index (κ1) is 26.7. The standard InChI is InChI=1S/C26H22Cl2N2O6S/c1-12(2)36-16-8-5-14(6-9-16)21(31)19-20(17-10-7-15(27)11-18(17)28)30(24(33)22(19)32)26-29-13(3)23(37-26)25(34)35-4/h5-12,20,31H,1-4H3/b21-19+. The zero-order chi connectivity index (χ0) is 27.0. The number of hydrogen-bond donors (Lipinski definition) is 1. The Hall–Kier alpha value is -3.40. The number of nitrogens with zero attached hydrogens (tertiary/aromatic N) is 2. The van der Waals surface area contributed by atoms with Crippen molar-refractivity contribution in [2.75, 3.05) is 12.0 Å². The summed E-state index contributed by atoms with van der Waals surface area (Å²) in [6.45, 7) is 5.36. The fourth-order valence-electron chi connectivity index (χ4n) is 3.93. The van der Waals surface area contributed by atoms with Crippen molar-refractivity contribution >= 4 is 63.1 Å². The molecule has 0 bridgehead atoms. The maximum Gasteiger partial charge on any atom is 0.350 e. The summed E-state index contributed by atoms with van der Waals surface area (Å²) in [4.78, 5) is 44.5. The molecule has 1 atom stereocenters. The fraction of sp³-hybridized carbons (Fsp3) is 0.231. The number of halogens is 2. The number of hydrogen-bond acceptors (Lipinski definition) is 8. The van der Waals surface area contributed by atoms with E-state index in [1.54, 1.807) is 43.3 Å². The van der Waals surface area contributed by atoms with Gasteiger partial charge in [-0.15, -0.1) is 0 Å². The van der Waals surface area contributed by atoms with Crippen LogP contribution in [0.15, 0.2) is 48.0 Å². The van der Waals surface area contributed by atoms with Gasteiger partial charge in [-0.05, 0) is 62.7 Å². The Balaban J connectivity index is 1.91. The molecule has 0 radical (unpaired) electrons. The first-order valence-electron chi connectivity index (χ1n) is 11.1. The third kappa shape index (κ3) is 5.07. The number of aliphatic hydroxyl groups is 1. The van der Waals surface area contributed by atoms with E-state index in [0.717, 1.165) is 16.2 Å². The highest BCUT2D eigenvalue weighted by molar-refractivity contribution is 7.17. The second-order valence-electron chi connectivity index (χ2n) is 8.43. The summed E-state index contributed by atoms with van der Waals surface area (Å²) in [5.74, 6) is -2.29. The number of anilines is 1. The molecule has 1 aliphatic heterocycles. The van der Waals surface area contributed by atoms with Gasteiger partial charge >= 0.3 is 11.9 Å². The molecule has 4 rings (SSSR count). The third-order valence-corrected chi connectivity index (χ3v) is 7.26. The van der Waals surface area contributed by atoms with Gasteiger partial charge in [-0.3, -0.25) is 14.5 Å². The lowest BCUT2D eigenvalue weighted by Crippen LogP contribution is -2.29. The van der Waals surface area contributed by atoms with Crippen LogP contribution < -0.4 is 9.64 Å². The fourth-order valence-corrected chi connectivity index (χ4v) is 5.46. The van der Waals surface area contributed by atoms with Gasteiger partial charge in [0.2, 0.25) is 0 Å². The normalized spacial score (nSPS) is 16.9. The largest absolute Gasteiger partial charge is 0.507 e. The van der Waals surface area contributed by atoms with Crippen molar-refractivity contribution in [2.24, 2.45) is 0 Å². The average molecular weight is 561 g/mol. The second-order valence-corrected chi connectivity index (χ2v) is 10.2. The van der Waals surface area contributed by atoms with Gasteiger partial charge in [0.1, 0.15) is 16.4 Å². The quantitative estimate of drug-likeness (QED) is 0.171. The number of aromatic nitrogens is 1. The van der Waals surface area contributed by atoms with Crippen molar-refractivity contribution in [3.63, 3.8) is 0 Å². The molecule has 1 aromatic heterocycles. The topological polar surface area (TPSA) is 106 Å². The number of carbonyl (C=O) groups excluding carboxylic acids is 3. The summed E-state index contributed by atoms with van der Waals surface area (Å²) < 4.78 is 10.4. The van der Waals surface area contributed by atoms with Gasteiger partial charge in [-0.1, -0.05) is 40.6 Å². The molecule has 1 amide bonds. The number of benzene rings is 2. The molecule has 0 aliphatic carbocycles. The lowest BCUT2D eigenvalue weighted by atomic mass is 9.95. The van der Waals surface area contributed by atoms with E-state index in [-0.39, 0.29) is 26.7 Å². The number of methoxy groups -OCH3 is 1. The molecule has 3 aromatic rings. The smallest absolute Gasteiger partial charge is 0.350 e. The number of esters is 1. The van der Waals surface area contributed by atoms with E-state index in [9.17, 15) is 19.5 Å². The number of amides is 1. The molecule has 2 heterocycles. The van der Waals surface area contributed by atoms with Crippen molar-refractivity contribution in [3.8, 4) is 5.75 Å². The maximum atomic E-state index is 13.3. The molecule has 0 spiro atoms. The number of aliphatic hydroxyl groups excluding tert-OH is 1. The molecular weight excluding hydrogens is 539 g/mol. The van der Waals surface area contributed by atoms with Gasteiger partial charge < -0.3 is 14.6 Å². The minimum Gasteiger partial charge on any atom is -0.507 e. The number of thiazole rings is 1. The van der Waals surface area contributed by atoms with Crippen LogP contribution in [0, 0.1) is 6.92 Å². The van der Waals surface area contributed by atoms with E-state index in [4.69, 9.17) is 32.7 Å². The highest BCUT2D eigenvalue weighted by atomic mass is 35.5. The van der Waals surface area contributed by atoms with E-state index in [0.29, 0.717) is 27.6 Å². The maximum absolute atomic E-state index is 13.3. The van der Waals surface area contributed by atoms with Crippen LogP contribution in [-0.2, 0) is 14.3 Å². The van der Waals surface area contributed by atoms with Gasteiger partial charge in [-0.25, -0.2) is 9.78 Å². The summed E-state index contributed by atoms with van der Waals surface area (Å²) in [6, 6.07) is 9.96. The zero-order valence-corrected chi connectivity index (χ0v) is 22.6. The van der Waals surface area contributed by atoms with Gasteiger partial charge in [0.25, 0.3) is 5.78 Å². The third-order valence-electron chi connectivity index (χ3n) is 5.56. The molecular formula is C26H22Cl2N2O6S. The Morgan fingerprint density at radius 3 is 2.41 bits per heavy atom. The molecule has 0 saturated carbocycles. The molecule has 11 heteroatoms. The van der Waals surface area contributed by atoms with Crippen LogP contribution in [0.2, 0.25) is 10.0 Å². The Labute approximate surface area is 227 Å². The Morgan fingerprint density at radius 1 is 1.14 bits per heavy atom. The van der Waals surface area contributed by atoms with Crippen LogP contribution in [0.4, 0.5) is 5.13 Å². The lowest BCUT2D eigenvalue weighted by molar-refractivity contribution is -0.132. The molecule has 1 fully saturated rings. The van der Waals surface area contributed by atoms with Crippen molar-refractivity contribution in [3.05, 3.63) is 79.8 Å². The number of ether oxygens (including phenoxy) is 2. The van der Waals surface area contributed by atoms with Gasteiger partial charge in [0, 0.05) is 15.6 Å². The minimum absolute atomic E-state index is 0.0477. The summed E-state index contributed by atoms with van der Waals surface area (Å²) in [7, 11) is 1.23. The van der Waals surface area contributed by atoms with E-state index < -0.39 is 29.5 Å². The number of carbonyl (C=O) groups is 3. The molecule has 2 aromatic carbocycles. The van der Waals surface area contributed by atoms with Gasteiger partial charge in [-0.2, -0.15) is 0 Å². The van der Waals surface area contributed by atoms with E-state index >= 15 is 0 Å². The predicted octanol–water partition coefficient (Wildman–Crippen LogP) is 5.96. The lowest BCUT2D eigenvalue weighted by Gasteiger charge is -2.24. The first-order valence-corrected chi connectivity index (χ1v) is 12.7. The van der Waals surface area contributed by atoms with Crippen LogP contribution in [0.3, 0.4) is 0 Å². The average Bonchev–Trinajstić information content (AvgIpc) is 3.35. The van der Waals surface area contributed by atoms with Crippen LogP contribution in [-0.4, -0.2) is 41.0 Å². The molecule has 1 unspecified atom stereocenters. The Bertz CT molecular complexity index is 1430. The van der Waals surface area contributed by atoms with Crippen molar-refractivity contribution in [1.82, 2.24) is 4.98 Å². The number of rotatable bonds is 6. The van der Waals surface area contributed by atoms with Crippen LogP contribution in [0.25, 0.3) is 5.76 Å². The highest BCUT2D eigenvalue weighted by Crippen LogP contribution is 2.46. The second kappa shape index (κ2) is 10.5. The number of aryl methyl sites for hydroxylation is 1. The molecule has 1 saturated heterocycles. The van der Waals surface area contributed by atoms with Crippen molar-refractivity contribution in [2.45, 2.75) is 32.9 Å². The first-order chi connectivity index (χ1) is 17.5. The highest BCUT2D eigenvalue weighted by Gasteiger charge is 2.49. The van der Waals surface area contributed by atoms with E-state index in [2.05, 4.69) is 4.98 Å². The Morgan fingerprint density at radius 2 is 1.81 bits per heavy atom. The van der Waals surface area contributed by atoms with E-state index in [1.807, 2.05) is 13.8 Å². The molecule has 1 aliphatic rings. The summed E-state index contributed by atoms with van der Waals surface area (Å²) in [5.41, 5.74) is 0.795. The van der Waals surface area contributed by atoms with Gasteiger partial charge in [0.15, 0.2) is 5.13 Å². The SMILES string of the molecule is COC(=O)c1sc(N2C(=O)C(=O)/C(=C(/O)c3ccc(OC(C)C)cc3)C2c2ccc(Cl)cc2Cl)nc1C. The number of ketones is 1. The van der Waals surface area contributed by atoms with Crippen LogP contribution >= 0.6 is 34.5 Å². The Kier molecular flexibility index (Phi) is 7.59. The summed E-state index contributed by atoms with van der Waals surface area (Å²) >= 11 is 13.5. The van der Waals surface area contributed by atoms with Crippen LogP contribution in [0.1, 0.15) is 46.4 Å². The van der Waals surface area contributed by atoms with E-state index in [1.165, 1.54) is 13.2 Å². The predicted molar refractivity (Wildman–Crippen MR) is 142 cm³/mol. The monoisotopic (exact) mass is 560 g/mol. The molecule has 37 heavy (non-hydrogen) atoms. The van der Waals surface area contributed by atoms with Gasteiger partial charge in [0.05, 0.1) is 30.5 Å². The minimum atomic E-state index is -1.13. The van der Waals surface area contributed by atoms with Crippen LogP contribution in [0.5, 0.6) is 5.75 Å². The molecule has 1 N–H and O–H groups in total. The summed E-state index contributed by atoms with van der Waals surface area (Å²) in [6.07, 6.45) is -0.0477. The van der Waals surface area contributed by atoms with Crippen molar-refractivity contribution in [1.29, 1.82) is 0 Å². The zero-order valence-electron chi connectivity index (χ0n) is 20.2. The molecule has 192 valence electrons. The van der Waals surface area contributed by atoms with Crippen molar-refractivity contribution < 1.29 is 29.0 Å².